The first-order chi connectivity index (χ1) is 8.93. The Kier molecular flexibility index (Phi) is 5.47. The third-order valence-electron chi connectivity index (χ3n) is 2.41. The van der Waals surface area contributed by atoms with Gasteiger partial charge in [-0.2, -0.15) is 15.0 Å². The van der Waals surface area contributed by atoms with Gasteiger partial charge in [0.15, 0.2) is 10.7 Å². The van der Waals surface area contributed by atoms with Crippen LogP contribution in [0.25, 0.3) is 0 Å². The van der Waals surface area contributed by atoms with E-state index < -0.39 is 10.7 Å². The molecule has 0 saturated heterocycles. The Morgan fingerprint density at radius 1 is 1.47 bits per heavy atom. The Morgan fingerprint density at radius 2 is 2.16 bits per heavy atom. The Labute approximate surface area is 112 Å². The van der Waals surface area contributed by atoms with Crippen molar-refractivity contribution in [3.8, 4) is 6.07 Å². The second-order valence-corrected chi connectivity index (χ2v) is 4.99. The fourth-order valence-electron chi connectivity index (χ4n) is 1.34. The highest BCUT2D eigenvalue weighted by Crippen LogP contribution is 1.98. The molecule has 0 atom stereocenters. The molecule has 0 unspecified atom stereocenters. The summed E-state index contributed by atoms with van der Waals surface area (Å²) in [5.74, 6) is -0.0439. The number of carbonyl (C=O) groups excluding carboxylic acids is 1. The zero-order valence-corrected chi connectivity index (χ0v) is 11.6. The quantitative estimate of drug-likeness (QED) is 0.708. The van der Waals surface area contributed by atoms with Gasteiger partial charge in [0.25, 0.3) is 0 Å². The van der Waals surface area contributed by atoms with Crippen LogP contribution in [0.2, 0.25) is 0 Å². The molecule has 0 fully saturated rings. The molecule has 0 aliphatic heterocycles. The van der Waals surface area contributed by atoms with Gasteiger partial charge in [-0.25, -0.2) is 13.2 Å². The van der Waals surface area contributed by atoms with Crippen LogP contribution in [-0.2, 0) is 10.7 Å². The lowest BCUT2D eigenvalue weighted by Crippen LogP contribution is -2.37. The smallest absolute Gasteiger partial charge is 0.325 e. The molecule has 1 aromatic rings. The van der Waals surface area contributed by atoms with E-state index in [0.717, 1.165) is 4.68 Å². The molecule has 0 saturated carbocycles. The van der Waals surface area contributed by atoms with Gasteiger partial charge in [0.05, 0.1) is 23.8 Å². The third kappa shape index (κ3) is 4.69. The molecule has 0 N–H and O–H groups in total. The molecule has 8 nitrogen and oxygen atoms in total. The number of thiol groups is 1. The first kappa shape index (κ1) is 15.1. The van der Waals surface area contributed by atoms with Crippen molar-refractivity contribution < 1.29 is 13.2 Å². The van der Waals surface area contributed by atoms with Gasteiger partial charge in [-0.3, -0.25) is 4.90 Å². The first-order valence-electron chi connectivity index (χ1n) is 5.44. The van der Waals surface area contributed by atoms with Crippen LogP contribution in [0.15, 0.2) is 12.4 Å². The molecule has 0 aromatic carbocycles. The topological polar surface area (TPSA) is 99.3 Å². The number of likely N-dealkylation sites (N-methyl/N-ethyl adjacent to an activating group) is 2. The van der Waals surface area contributed by atoms with Crippen LogP contribution in [-0.4, -0.2) is 67.1 Å². The molecular weight excluding hydrogens is 270 g/mol. The van der Waals surface area contributed by atoms with Gasteiger partial charge in [0.1, 0.15) is 6.07 Å². The van der Waals surface area contributed by atoms with E-state index in [1.807, 2.05) is 6.07 Å². The Hall–Kier alpha value is -1.92. The number of rotatable bonds is 5. The second kappa shape index (κ2) is 6.86. The highest BCUT2D eigenvalue weighted by molar-refractivity contribution is 7.72. The number of aromatic nitrogens is 2. The molecule has 1 rings (SSSR count). The van der Waals surface area contributed by atoms with Gasteiger partial charge >= 0.3 is 6.03 Å². The lowest BCUT2D eigenvalue weighted by atomic mass is 10.4. The van der Waals surface area contributed by atoms with Gasteiger partial charge in [-0.15, -0.1) is 0 Å². The number of nitrogens with zero attached hydrogens (tertiary/aromatic N) is 5. The zero-order chi connectivity index (χ0) is 14.4. The zero-order valence-electron chi connectivity index (χ0n) is 10.7. The van der Waals surface area contributed by atoms with Crippen molar-refractivity contribution in [1.82, 2.24) is 19.6 Å². The Bertz CT molecular complexity index is 552. The van der Waals surface area contributed by atoms with Gasteiger partial charge in [0, 0.05) is 20.1 Å². The SMILES string of the molecule is CN(CCN(C)C(=O)n1cc(C#N)cn1)C[SH](=O)=O. The van der Waals surface area contributed by atoms with Gasteiger partial charge in [-0.05, 0) is 7.05 Å². The number of carbonyl (C=O) groups is 1. The molecular formula is C10H15N5O3S. The largest absolute Gasteiger partial charge is 0.344 e. The number of hydrogen-bond acceptors (Lipinski definition) is 6. The van der Waals surface area contributed by atoms with Crippen LogP contribution < -0.4 is 0 Å². The van der Waals surface area contributed by atoms with E-state index >= 15 is 0 Å². The first-order valence-corrected chi connectivity index (χ1v) is 6.81. The molecule has 0 aliphatic carbocycles. The highest BCUT2D eigenvalue weighted by atomic mass is 32.2. The number of amides is 1. The van der Waals surface area contributed by atoms with Crippen molar-refractivity contribution in [3.63, 3.8) is 0 Å². The summed E-state index contributed by atoms with van der Waals surface area (Å²) in [5.41, 5.74) is 0.308. The maximum absolute atomic E-state index is 11.9. The third-order valence-corrected chi connectivity index (χ3v) is 3.12. The average Bonchev–Trinajstić information content (AvgIpc) is 2.82. The van der Waals surface area contributed by atoms with Crippen molar-refractivity contribution in [2.75, 3.05) is 33.1 Å². The maximum atomic E-state index is 11.9. The minimum absolute atomic E-state index is 0.0439. The molecule has 0 radical (unpaired) electrons. The van der Waals surface area contributed by atoms with Crippen molar-refractivity contribution in [1.29, 1.82) is 5.26 Å². The van der Waals surface area contributed by atoms with E-state index in [4.69, 9.17) is 5.26 Å². The summed E-state index contributed by atoms with van der Waals surface area (Å²) >= 11 is 0. The van der Waals surface area contributed by atoms with Crippen molar-refractivity contribution >= 4 is 16.7 Å². The predicted octanol–water partition coefficient (Wildman–Crippen LogP) is -0.845. The Morgan fingerprint density at radius 3 is 2.68 bits per heavy atom. The van der Waals surface area contributed by atoms with Crippen LogP contribution in [0.3, 0.4) is 0 Å². The molecule has 0 spiro atoms. The van der Waals surface area contributed by atoms with E-state index in [2.05, 4.69) is 5.10 Å². The molecule has 1 amide bonds. The van der Waals surface area contributed by atoms with Crippen LogP contribution in [0.1, 0.15) is 5.56 Å². The van der Waals surface area contributed by atoms with Crippen molar-refractivity contribution in [2.45, 2.75) is 0 Å². The minimum Gasteiger partial charge on any atom is -0.325 e. The van der Waals surface area contributed by atoms with Crippen LogP contribution in [0.5, 0.6) is 0 Å². The average molecular weight is 285 g/mol. The summed E-state index contributed by atoms with van der Waals surface area (Å²) in [5, 5.41) is 12.4. The monoisotopic (exact) mass is 285 g/mol. The highest BCUT2D eigenvalue weighted by Gasteiger charge is 2.13. The fraction of sp³-hybridized carbons (Fsp3) is 0.500. The summed E-state index contributed by atoms with van der Waals surface area (Å²) in [4.78, 5) is 14.9. The molecule has 9 heteroatoms. The van der Waals surface area contributed by atoms with Crippen molar-refractivity contribution in [2.24, 2.45) is 0 Å². The molecule has 19 heavy (non-hydrogen) atoms. The standard InChI is InChI=1S/C10H15N5O3S/c1-13(8-19(17)18)3-4-14(2)10(16)15-7-9(5-11)6-12-15/h6-7,19H,3-4,8H2,1-2H3. The predicted molar refractivity (Wildman–Crippen MR) is 68.2 cm³/mol. The van der Waals surface area contributed by atoms with Crippen LogP contribution in [0.4, 0.5) is 4.79 Å². The van der Waals surface area contributed by atoms with E-state index in [9.17, 15) is 13.2 Å². The molecule has 1 heterocycles. The number of nitriles is 1. The summed E-state index contributed by atoms with van der Waals surface area (Å²) in [6.45, 7) is 0.790. The summed E-state index contributed by atoms with van der Waals surface area (Å²) in [6.07, 6.45) is 2.65. The minimum atomic E-state index is -2.46. The maximum Gasteiger partial charge on any atom is 0.344 e. The van der Waals surface area contributed by atoms with Gasteiger partial charge < -0.3 is 4.90 Å². The van der Waals surface area contributed by atoms with Crippen molar-refractivity contribution in [3.05, 3.63) is 18.0 Å². The molecule has 0 bridgehead atoms. The summed E-state index contributed by atoms with van der Waals surface area (Å²) in [6, 6.07) is 1.51. The normalized spacial score (nSPS) is 10.7. The molecule has 104 valence electrons. The fourth-order valence-corrected chi connectivity index (χ4v) is 1.88. The van der Waals surface area contributed by atoms with E-state index in [1.54, 1.807) is 19.0 Å². The lowest BCUT2D eigenvalue weighted by molar-refractivity contribution is 0.201. The van der Waals surface area contributed by atoms with E-state index in [0.29, 0.717) is 18.7 Å². The van der Waals surface area contributed by atoms with Gasteiger partial charge in [-0.1, -0.05) is 0 Å². The van der Waals surface area contributed by atoms with E-state index in [-0.39, 0.29) is 11.9 Å². The van der Waals surface area contributed by atoms with Crippen LogP contribution >= 0.6 is 0 Å². The summed E-state index contributed by atoms with van der Waals surface area (Å²) < 4.78 is 22.1. The molecule has 0 aliphatic rings. The lowest BCUT2D eigenvalue weighted by Gasteiger charge is -2.20. The molecule has 1 aromatic heterocycles. The Balaban J connectivity index is 2.51. The van der Waals surface area contributed by atoms with E-state index in [1.165, 1.54) is 17.3 Å². The second-order valence-electron chi connectivity index (χ2n) is 4.04. The van der Waals surface area contributed by atoms with Gasteiger partial charge in [0.2, 0.25) is 0 Å². The van der Waals surface area contributed by atoms with Crippen LogP contribution in [0, 0.1) is 11.3 Å². The summed E-state index contributed by atoms with van der Waals surface area (Å²) in [7, 11) is 0.782. The number of hydrogen-bond donors (Lipinski definition) is 1.